The third-order valence-electron chi connectivity index (χ3n) is 2.90. The Balaban J connectivity index is 1.95. The summed E-state index contributed by atoms with van der Waals surface area (Å²) < 4.78 is 5.80. The molecule has 0 amide bonds. The zero-order valence-electron chi connectivity index (χ0n) is 11.6. The molecule has 0 atom stereocenters. The van der Waals surface area contributed by atoms with E-state index in [1.165, 1.54) is 11.1 Å². The van der Waals surface area contributed by atoms with Crippen molar-refractivity contribution in [1.82, 2.24) is 10.2 Å². The summed E-state index contributed by atoms with van der Waals surface area (Å²) in [6, 6.07) is 6.07. The van der Waals surface area contributed by atoms with Gasteiger partial charge in [-0.1, -0.05) is 30.4 Å². The van der Waals surface area contributed by atoms with E-state index in [1.54, 1.807) is 11.3 Å². The number of ether oxygens (including phenoxy) is 1. The quantitative estimate of drug-likeness (QED) is 0.877. The normalized spacial score (nSPS) is 10.5. The first-order chi connectivity index (χ1) is 9.20. The van der Waals surface area contributed by atoms with Crippen LogP contribution >= 0.6 is 11.3 Å². The molecule has 0 fully saturated rings. The van der Waals surface area contributed by atoms with Crippen molar-refractivity contribution < 1.29 is 4.74 Å². The summed E-state index contributed by atoms with van der Waals surface area (Å²) in [5.74, 6) is 0.915. The van der Waals surface area contributed by atoms with Crippen LogP contribution in [0.4, 0.5) is 5.13 Å². The van der Waals surface area contributed by atoms with Gasteiger partial charge in [0.1, 0.15) is 12.4 Å². The Labute approximate surface area is 117 Å². The number of hydrogen-bond donors (Lipinski definition) is 1. The van der Waals surface area contributed by atoms with Crippen molar-refractivity contribution in [2.75, 3.05) is 11.9 Å². The van der Waals surface area contributed by atoms with E-state index in [1.807, 2.05) is 12.1 Å². The van der Waals surface area contributed by atoms with E-state index in [-0.39, 0.29) is 0 Å². The van der Waals surface area contributed by atoms with E-state index in [0.717, 1.165) is 28.9 Å². The van der Waals surface area contributed by atoms with Crippen molar-refractivity contribution in [3.8, 4) is 5.75 Å². The predicted octanol–water partition coefficient (Wildman–Crippen LogP) is 3.56. The molecule has 0 aliphatic rings. The zero-order chi connectivity index (χ0) is 13.7. The second kappa shape index (κ2) is 6.52. The molecule has 0 radical (unpaired) electrons. The first-order valence-electron chi connectivity index (χ1n) is 6.46. The molecule has 0 aliphatic heterocycles. The molecule has 0 unspecified atom stereocenters. The molecule has 5 heteroatoms. The second-order valence-electron chi connectivity index (χ2n) is 4.41. The van der Waals surface area contributed by atoms with Crippen LogP contribution in [0.25, 0.3) is 0 Å². The molecule has 0 saturated heterocycles. The van der Waals surface area contributed by atoms with Crippen molar-refractivity contribution in [3.63, 3.8) is 0 Å². The average Bonchev–Trinajstić information content (AvgIpc) is 2.86. The molecule has 1 aromatic carbocycles. The Hall–Kier alpha value is -1.62. The van der Waals surface area contributed by atoms with Gasteiger partial charge in [0.25, 0.3) is 0 Å². The van der Waals surface area contributed by atoms with Gasteiger partial charge in [0, 0.05) is 6.54 Å². The Morgan fingerprint density at radius 1 is 1.26 bits per heavy atom. The monoisotopic (exact) mass is 277 g/mol. The van der Waals surface area contributed by atoms with Crippen molar-refractivity contribution in [3.05, 3.63) is 34.3 Å². The maximum atomic E-state index is 5.80. The van der Waals surface area contributed by atoms with E-state index < -0.39 is 0 Å². The Bertz CT molecular complexity index is 539. The molecule has 19 heavy (non-hydrogen) atoms. The van der Waals surface area contributed by atoms with Gasteiger partial charge in [0.2, 0.25) is 5.13 Å². The highest BCUT2D eigenvalue weighted by Gasteiger charge is 2.06. The molecule has 1 heterocycles. The lowest BCUT2D eigenvalue weighted by Gasteiger charge is -2.08. The standard InChI is InChI=1S/C14H19N3OS/c1-4-8-15-14-17-16-13(19-14)9-18-12-7-5-6-10(2)11(12)3/h5-7H,4,8-9H2,1-3H3,(H,15,17). The summed E-state index contributed by atoms with van der Waals surface area (Å²) in [5.41, 5.74) is 2.41. The second-order valence-corrected chi connectivity index (χ2v) is 5.48. The van der Waals surface area contributed by atoms with E-state index >= 15 is 0 Å². The highest BCUT2D eigenvalue weighted by molar-refractivity contribution is 7.15. The number of aryl methyl sites for hydroxylation is 1. The predicted molar refractivity (Wildman–Crippen MR) is 78.9 cm³/mol. The number of nitrogens with one attached hydrogen (secondary N) is 1. The summed E-state index contributed by atoms with van der Waals surface area (Å²) in [6.45, 7) is 7.67. The van der Waals surface area contributed by atoms with Crippen LogP contribution < -0.4 is 10.1 Å². The van der Waals surface area contributed by atoms with Gasteiger partial charge in [0.15, 0.2) is 5.01 Å². The third kappa shape index (κ3) is 3.67. The molecule has 0 bridgehead atoms. The molecule has 2 aromatic rings. The van der Waals surface area contributed by atoms with Crippen molar-refractivity contribution >= 4 is 16.5 Å². The molecule has 4 nitrogen and oxygen atoms in total. The molecule has 1 aromatic heterocycles. The highest BCUT2D eigenvalue weighted by atomic mass is 32.1. The van der Waals surface area contributed by atoms with Gasteiger partial charge in [-0.25, -0.2) is 0 Å². The van der Waals surface area contributed by atoms with E-state index in [9.17, 15) is 0 Å². The SMILES string of the molecule is CCCNc1nnc(COc2cccc(C)c2C)s1. The lowest BCUT2D eigenvalue weighted by molar-refractivity contribution is 0.302. The van der Waals surface area contributed by atoms with E-state index in [0.29, 0.717) is 6.61 Å². The van der Waals surface area contributed by atoms with Gasteiger partial charge in [-0.2, -0.15) is 0 Å². The summed E-state index contributed by atoms with van der Waals surface area (Å²) in [4.78, 5) is 0. The maximum Gasteiger partial charge on any atom is 0.205 e. The van der Waals surface area contributed by atoms with Gasteiger partial charge in [-0.15, -0.1) is 10.2 Å². The van der Waals surface area contributed by atoms with Gasteiger partial charge >= 0.3 is 0 Å². The van der Waals surface area contributed by atoms with Crippen LogP contribution in [-0.2, 0) is 6.61 Å². The molecule has 0 aliphatic carbocycles. The van der Waals surface area contributed by atoms with Crippen LogP contribution in [0.1, 0.15) is 29.5 Å². The summed E-state index contributed by atoms with van der Waals surface area (Å²) >= 11 is 1.54. The minimum absolute atomic E-state index is 0.468. The lowest BCUT2D eigenvalue weighted by atomic mass is 10.1. The van der Waals surface area contributed by atoms with E-state index in [2.05, 4.69) is 42.4 Å². The van der Waals surface area contributed by atoms with Crippen LogP contribution in [0.5, 0.6) is 5.75 Å². The lowest BCUT2D eigenvalue weighted by Crippen LogP contribution is -1.98. The fraction of sp³-hybridized carbons (Fsp3) is 0.429. The molecule has 102 valence electrons. The largest absolute Gasteiger partial charge is 0.486 e. The fourth-order valence-electron chi connectivity index (χ4n) is 1.64. The van der Waals surface area contributed by atoms with Crippen LogP contribution in [0.2, 0.25) is 0 Å². The summed E-state index contributed by atoms with van der Waals surface area (Å²) in [5, 5.41) is 13.2. The number of benzene rings is 1. The molecule has 2 rings (SSSR count). The molecular formula is C14H19N3OS. The maximum absolute atomic E-state index is 5.80. The number of hydrogen-bond acceptors (Lipinski definition) is 5. The van der Waals surface area contributed by atoms with Gasteiger partial charge in [-0.05, 0) is 37.5 Å². The topological polar surface area (TPSA) is 47.0 Å². The minimum atomic E-state index is 0.468. The van der Waals surface area contributed by atoms with Crippen LogP contribution in [0, 0.1) is 13.8 Å². The highest BCUT2D eigenvalue weighted by Crippen LogP contribution is 2.23. The van der Waals surface area contributed by atoms with Gasteiger partial charge in [0.05, 0.1) is 0 Å². The van der Waals surface area contributed by atoms with Crippen molar-refractivity contribution in [2.24, 2.45) is 0 Å². The fourth-order valence-corrected chi connectivity index (χ4v) is 2.31. The Morgan fingerprint density at radius 2 is 2.11 bits per heavy atom. The number of rotatable bonds is 6. The zero-order valence-corrected chi connectivity index (χ0v) is 12.4. The number of anilines is 1. The molecular weight excluding hydrogens is 258 g/mol. The van der Waals surface area contributed by atoms with Crippen LogP contribution in [0.15, 0.2) is 18.2 Å². The first-order valence-corrected chi connectivity index (χ1v) is 7.27. The molecule has 0 saturated carbocycles. The molecule has 1 N–H and O–H groups in total. The molecule has 0 spiro atoms. The first kappa shape index (κ1) is 13.8. The van der Waals surface area contributed by atoms with Crippen molar-refractivity contribution in [1.29, 1.82) is 0 Å². The number of aromatic nitrogens is 2. The van der Waals surface area contributed by atoms with Crippen LogP contribution in [0.3, 0.4) is 0 Å². The minimum Gasteiger partial charge on any atom is -0.486 e. The average molecular weight is 277 g/mol. The van der Waals surface area contributed by atoms with Gasteiger partial charge in [-0.3, -0.25) is 0 Å². The summed E-state index contributed by atoms with van der Waals surface area (Å²) in [7, 11) is 0. The third-order valence-corrected chi connectivity index (χ3v) is 3.75. The van der Waals surface area contributed by atoms with Crippen LogP contribution in [-0.4, -0.2) is 16.7 Å². The smallest absolute Gasteiger partial charge is 0.205 e. The Kier molecular flexibility index (Phi) is 4.74. The Morgan fingerprint density at radius 3 is 2.89 bits per heavy atom. The van der Waals surface area contributed by atoms with Gasteiger partial charge < -0.3 is 10.1 Å². The summed E-state index contributed by atoms with van der Waals surface area (Å²) in [6.07, 6.45) is 1.08. The van der Waals surface area contributed by atoms with E-state index in [4.69, 9.17) is 4.74 Å². The number of nitrogens with zero attached hydrogens (tertiary/aromatic N) is 2. The van der Waals surface area contributed by atoms with Crippen molar-refractivity contribution in [2.45, 2.75) is 33.8 Å².